The number of benzene rings is 2. The molecule has 192 valence electrons. The van der Waals surface area contributed by atoms with Crippen LogP contribution in [-0.4, -0.2) is 58.5 Å². The predicted molar refractivity (Wildman–Crippen MR) is 149 cm³/mol. The quantitative estimate of drug-likeness (QED) is 0.250. The minimum Gasteiger partial charge on any atom is -0.397 e. The van der Waals surface area contributed by atoms with Crippen molar-refractivity contribution in [3.63, 3.8) is 0 Å². The molecule has 0 bridgehead atoms. The number of nitrogen functional groups attached to an aromatic ring is 1. The molecule has 4 rings (SSSR count). The molecule has 3 aromatic rings. The molecule has 11 heteroatoms. The lowest BCUT2D eigenvalue weighted by Gasteiger charge is -2.14. The smallest absolute Gasteiger partial charge is 0.277 e. The molecule has 2 heterocycles. The number of carbonyl (C=O) groups excluding carboxylic acids is 2. The molecule has 2 aromatic carbocycles. The molecular weight excluding hydrogens is 488 g/mol. The van der Waals surface area contributed by atoms with E-state index < -0.39 is 0 Å². The van der Waals surface area contributed by atoms with Crippen LogP contribution in [0.25, 0.3) is 0 Å². The van der Waals surface area contributed by atoms with Gasteiger partial charge in [0, 0.05) is 18.3 Å². The SMILES string of the molecule is CC1N=C(C(=O)NCN(C)C)SC1c1ccnc(NCc2ccc(C(=O)Nc3ccccc3N)cc2)n1. The van der Waals surface area contributed by atoms with Crippen LogP contribution < -0.4 is 21.7 Å². The number of thioether (sulfide) groups is 1. The lowest BCUT2D eigenvalue weighted by atomic mass is 10.1. The standard InChI is InChI=1S/C26H30N8O2S/c1-16-22(37-25(31-16)24(36)30-15-34(2)3)21-12-13-28-26(33-21)29-14-17-8-10-18(11-9-17)23(35)32-20-7-5-4-6-19(20)27/h4-13,16,22H,14-15,27H2,1-3H3,(H,30,36)(H,32,35)(H,28,29,33). The van der Waals surface area contributed by atoms with E-state index in [4.69, 9.17) is 5.73 Å². The van der Waals surface area contributed by atoms with Crippen LogP contribution in [0.1, 0.15) is 33.8 Å². The molecule has 10 nitrogen and oxygen atoms in total. The van der Waals surface area contributed by atoms with Gasteiger partial charge in [0.1, 0.15) is 0 Å². The molecule has 0 aliphatic carbocycles. The Morgan fingerprint density at radius 1 is 1.05 bits per heavy atom. The van der Waals surface area contributed by atoms with Crippen molar-refractivity contribution in [1.29, 1.82) is 0 Å². The summed E-state index contributed by atoms with van der Waals surface area (Å²) >= 11 is 1.42. The lowest BCUT2D eigenvalue weighted by Crippen LogP contribution is -2.36. The highest BCUT2D eigenvalue weighted by molar-refractivity contribution is 8.16. The first-order valence-electron chi connectivity index (χ1n) is 11.8. The van der Waals surface area contributed by atoms with Gasteiger partial charge in [0.25, 0.3) is 11.8 Å². The maximum atomic E-state index is 12.5. The van der Waals surface area contributed by atoms with Crippen LogP contribution in [0.3, 0.4) is 0 Å². The summed E-state index contributed by atoms with van der Waals surface area (Å²) in [5.41, 5.74) is 9.30. The van der Waals surface area contributed by atoms with E-state index >= 15 is 0 Å². The van der Waals surface area contributed by atoms with E-state index in [0.717, 1.165) is 11.3 Å². The van der Waals surface area contributed by atoms with Gasteiger partial charge in [0.15, 0.2) is 5.04 Å². The van der Waals surface area contributed by atoms with E-state index in [1.165, 1.54) is 11.8 Å². The van der Waals surface area contributed by atoms with Crippen molar-refractivity contribution < 1.29 is 9.59 Å². The van der Waals surface area contributed by atoms with Crippen molar-refractivity contribution in [2.24, 2.45) is 4.99 Å². The highest BCUT2D eigenvalue weighted by Gasteiger charge is 2.32. The van der Waals surface area contributed by atoms with E-state index in [2.05, 4.69) is 30.9 Å². The fraction of sp³-hybridized carbons (Fsp3) is 0.269. The van der Waals surface area contributed by atoms with Gasteiger partial charge in [-0.1, -0.05) is 36.0 Å². The Morgan fingerprint density at radius 2 is 1.81 bits per heavy atom. The van der Waals surface area contributed by atoms with E-state index in [-0.39, 0.29) is 23.1 Å². The summed E-state index contributed by atoms with van der Waals surface area (Å²) < 4.78 is 0. The number of aromatic nitrogens is 2. The summed E-state index contributed by atoms with van der Waals surface area (Å²) in [7, 11) is 3.77. The Bertz CT molecular complexity index is 1300. The Morgan fingerprint density at radius 3 is 2.54 bits per heavy atom. The van der Waals surface area contributed by atoms with Crippen molar-refractivity contribution in [3.8, 4) is 0 Å². The van der Waals surface area contributed by atoms with Gasteiger partial charge in [-0.05, 0) is 56.9 Å². The molecule has 2 atom stereocenters. The van der Waals surface area contributed by atoms with Crippen LogP contribution in [0.4, 0.5) is 17.3 Å². The first-order valence-corrected chi connectivity index (χ1v) is 12.7. The molecule has 0 fully saturated rings. The number of hydrogen-bond acceptors (Lipinski definition) is 9. The average molecular weight is 519 g/mol. The molecule has 1 aliphatic rings. The largest absolute Gasteiger partial charge is 0.397 e. The van der Waals surface area contributed by atoms with E-state index in [1.807, 2.05) is 56.3 Å². The number of nitrogens with one attached hydrogen (secondary N) is 3. The number of para-hydroxylation sites is 2. The Kier molecular flexibility index (Phi) is 8.36. The number of hydrogen-bond donors (Lipinski definition) is 4. The molecule has 5 N–H and O–H groups in total. The maximum absolute atomic E-state index is 12.5. The van der Waals surface area contributed by atoms with Gasteiger partial charge < -0.3 is 21.7 Å². The molecular formula is C26H30N8O2S. The Balaban J connectivity index is 1.33. The second-order valence-corrected chi connectivity index (χ2v) is 9.98. The monoisotopic (exact) mass is 518 g/mol. The summed E-state index contributed by atoms with van der Waals surface area (Å²) in [5.74, 6) is 0.0793. The molecule has 37 heavy (non-hydrogen) atoms. The van der Waals surface area contributed by atoms with Crippen molar-refractivity contribution in [2.75, 3.05) is 37.1 Å². The number of nitrogens with zero attached hydrogens (tertiary/aromatic N) is 4. The summed E-state index contributed by atoms with van der Waals surface area (Å²) in [6, 6.07) is 16.2. The Labute approximate surface area is 220 Å². The van der Waals surface area contributed by atoms with Gasteiger partial charge in [-0.2, -0.15) is 0 Å². The molecule has 1 aliphatic heterocycles. The minimum absolute atomic E-state index is 0.0693. The number of nitrogens with two attached hydrogens (primary N) is 1. The zero-order chi connectivity index (χ0) is 26.4. The van der Waals surface area contributed by atoms with Crippen LogP contribution in [0.15, 0.2) is 65.8 Å². The third-order valence-corrected chi connectivity index (χ3v) is 7.00. The van der Waals surface area contributed by atoms with E-state index in [9.17, 15) is 9.59 Å². The second-order valence-electron chi connectivity index (χ2n) is 8.85. The predicted octanol–water partition coefficient (Wildman–Crippen LogP) is 3.13. The number of carbonyl (C=O) groups is 2. The summed E-state index contributed by atoms with van der Waals surface area (Å²) in [5, 5.41) is 9.30. The van der Waals surface area contributed by atoms with Gasteiger partial charge in [-0.3, -0.25) is 19.5 Å². The van der Waals surface area contributed by atoms with Gasteiger partial charge >= 0.3 is 0 Å². The van der Waals surface area contributed by atoms with Crippen LogP contribution in [-0.2, 0) is 11.3 Å². The van der Waals surface area contributed by atoms with Crippen LogP contribution in [0.2, 0.25) is 0 Å². The van der Waals surface area contributed by atoms with Gasteiger partial charge in [-0.25, -0.2) is 9.97 Å². The topological polar surface area (TPSA) is 138 Å². The molecule has 2 amide bonds. The first kappa shape index (κ1) is 26.1. The average Bonchev–Trinajstić information content (AvgIpc) is 3.29. The molecule has 1 aromatic heterocycles. The number of amides is 2. The zero-order valence-corrected chi connectivity index (χ0v) is 21.7. The molecule has 0 radical (unpaired) electrons. The van der Waals surface area contributed by atoms with Crippen LogP contribution in [0, 0.1) is 0 Å². The number of rotatable bonds is 9. The van der Waals surface area contributed by atoms with Crippen molar-refractivity contribution >= 4 is 45.9 Å². The van der Waals surface area contributed by atoms with E-state index in [0.29, 0.717) is 41.1 Å². The van der Waals surface area contributed by atoms with Gasteiger partial charge in [0.05, 0.1) is 35.0 Å². The molecule has 2 unspecified atom stereocenters. The third kappa shape index (κ3) is 6.83. The summed E-state index contributed by atoms with van der Waals surface area (Å²) in [6.45, 7) is 2.91. The normalized spacial score (nSPS) is 16.8. The van der Waals surface area contributed by atoms with Crippen LogP contribution in [0.5, 0.6) is 0 Å². The number of anilines is 3. The van der Waals surface area contributed by atoms with Crippen LogP contribution >= 0.6 is 11.8 Å². The third-order valence-electron chi connectivity index (χ3n) is 5.59. The fourth-order valence-corrected chi connectivity index (χ4v) is 4.76. The maximum Gasteiger partial charge on any atom is 0.277 e. The Hall–Kier alpha value is -3.96. The van der Waals surface area contributed by atoms with Crippen molar-refractivity contribution in [1.82, 2.24) is 20.2 Å². The van der Waals surface area contributed by atoms with Crippen molar-refractivity contribution in [2.45, 2.75) is 24.8 Å². The molecule has 0 saturated heterocycles. The number of aliphatic imine (C=N–C) groups is 1. The molecule has 0 saturated carbocycles. The fourth-order valence-electron chi connectivity index (χ4n) is 3.60. The van der Waals surface area contributed by atoms with Crippen molar-refractivity contribution in [3.05, 3.63) is 77.6 Å². The minimum atomic E-state index is -0.228. The lowest BCUT2D eigenvalue weighted by molar-refractivity contribution is -0.115. The molecule has 0 spiro atoms. The van der Waals surface area contributed by atoms with E-state index in [1.54, 1.807) is 30.5 Å². The first-order chi connectivity index (χ1) is 17.8. The second kappa shape index (κ2) is 11.8. The van der Waals surface area contributed by atoms with Gasteiger partial charge in [0.2, 0.25) is 5.95 Å². The highest BCUT2D eigenvalue weighted by Crippen LogP contribution is 2.39. The highest BCUT2D eigenvalue weighted by atomic mass is 32.2. The zero-order valence-electron chi connectivity index (χ0n) is 20.9. The van der Waals surface area contributed by atoms with Gasteiger partial charge in [-0.15, -0.1) is 0 Å². The summed E-state index contributed by atoms with van der Waals surface area (Å²) in [6.07, 6.45) is 1.70. The summed E-state index contributed by atoms with van der Waals surface area (Å²) in [4.78, 5) is 40.3.